The Labute approximate surface area is 89.4 Å². The first-order chi connectivity index (χ1) is 6.78. The van der Waals surface area contributed by atoms with Gasteiger partial charge in [-0.25, -0.2) is 4.79 Å². The van der Waals surface area contributed by atoms with Crippen LogP contribution in [0.5, 0.6) is 0 Å². The number of carbonyl (C=O) groups is 1. The Morgan fingerprint density at radius 2 is 1.93 bits per heavy atom. The predicted molar refractivity (Wildman–Crippen MR) is 54.4 cm³/mol. The lowest BCUT2D eigenvalue weighted by atomic mass is 10.2. The van der Waals surface area contributed by atoms with Crippen molar-refractivity contribution in [2.75, 3.05) is 0 Å². The second kappa shape index (κ2) is 4.37. The Morgan fingerprint density at radius 1 is 1.33 bits per heavy atom. The van der Waals surface area contributed by atoms with Gasteiger partial charge in [-0.1, -0.05) is 0 Å². The van der Waals surface area contributed by atoms with Gasteiger partial charge in [0.1, 0.15) is 5.60 Å². The molecule has 1 saturated carbocycles. The molecule has 1 aliphatic carbocycles. The molecule has 0 radical (unpaired) electrons. The van der Waals surface area contributed by atoms with Gasteiger partial charge in [0.2, 0.25) is 0 Å². The molecule has 1 amide bonds. The highest BCUT2D eigenvalue weighted by atomic mass is 16.6. The maximum Gasteiger partial charge on any atom is 0.407 e. The van der Waals surface area contributed by atoms with Crippen molar-refractivity contribution in [3.63, 3.8) is 0 Å². The maximum absolute atomic E-state index is 11.3. The average Bonchev–Trinajstić information content (AvgIpc) is 2.25. The van der Waals surface area contributed by atoms with Gasteiger partial charge < -0.3 is 20.3 Å². The van der Waals surface area contributed by atoms with Crippen LogP contribution in [0.4, 0.5) is 4.79 Å². The van der Waals surface area contributed by atoms with Crippen molar-refractivity contribution in [2.45, 2.75) is 57.5 Å². The van der Waals surface area contributed by atoms with Gasteiger partial charge in [0, 0.05) is 6.42 Å². The Balaban J connectivity index is 2.39. The Kier molecular flexibility index (Phi) is 3.57. The van der Waals surface area contributed by atoms with Crippen LogP contribution in [0.2, 0.25) is 0 Å². The van der Waals surface area contributed by atoms with E-state index in [4.69, 9.17) is 4.74 Å². The van der Waals surface area contributed by atoms with Gasteiger partial charge in [0.25, 0.3) is 0 Å². The molecule has 1 aliphatic rings. The average molecular weight is 217 g/mol. The summed E-state index contributed by atoms with van der Waals surface area (Å²) < 4.78 is 5.04. The zero-order valence-corrected chi connectivity index (χ0v) is 9.36. The fourth-order valence-electron chi connectivity index (χ4n) is 1.60. The minimum Gasteiger partial charge on any atom is -0.444 e. The standard InChI is InChI=1S/C10H19NO4/c1-10(2,3)15-9(14)11-7-4-6(12)5-8(7)13/h6-8,12-13H,4-5H2,1-3H3,(H,11,14)/t6-,7+,8+/m0/s1. The molecule has 0 heterocycles. The van der Waals surface area contributed by atoms with E-state index >= 15 is 0 Å². The molecular formula is C10H19NO4. The topological polar surface area (TPSA) is 78.8 Å². The third-order valence-corrected chi connectivity index (χ3v) is 2.21. The van der Waals surface area contributed by atoms with Gasteiger partial charge in [-0.15, -0.1) is 0 Å². The van der Waals surface area contributed by atoms with Gasteiger partial charge in [-0.05, 0) is 27.2 Å². The number of aliphatic hydroxyl groups is 2. The van der Waals surface area contributed by atoms with Crippen LogP contribution in [0.1, 0.15) is 33.6 Å². The first kappa shape index (κ1) is 12.3. The molecule has 3 atom stereocenters. The predicted octanol–water partition coefficient (Wildman–Crippen LogP) is 0.395. The Bertz CT molecular complexity index is 236. The van der Waals surface area contributed by atoms with E-state index in [1.807, 2.05) is 0 Å². The number of hydrogen-bond donors (Lipinski definition) is 3. The van der Waals surface area contributed by atoms with Gasteiger partial charge in [-0.3, -0.25) is 0 Å². The highest BCUT2D eigenvalue weighted by molar-refractivity contribution is 5.68. The summed E-state index contributed by atoms with van der Waals surface area (Å²) in [7, 11) is 0. The van der Waals surface area contributed by atoms with Gasteiger partial charge >= 0.3 is 6.09 Å². The molecule has 0 aromatic carbocycles. The first-order valence-electron chi connectivity index (χ1n) is 5.13. The smallest absolute Gasteiger partial charge is 0.407 e. The van der Waals surface area contributed by atoms with Crippen molar-refractivity contribution in [3.05, 3.63) is 0 Å². The zero-order chi connectivity index (χ0) is 11.6. The van der Waals surface area contributed by atoms with Crippen LogP contribution in [0.3, 0.4) is 0 Å². The van der Waals surface area contributed by atoms with Crippen molar-refractivity contribution in [2.24, 2.45) is 0 Å². The summed E-state index contributed by atoms with van der Waals surface area (Å²) in [4.78, 5) is 11.3. The van der Waals surface area contributed by atoms with Crippen molar-refractivity contribution >= 4 is 6.09 Å². The van der Waals surface area contributed by atoms with E-state index in [-0.39, 0.29) is 0 Å². The zero-order valence-electron chi connectivity index (χ0n) is 9.36. The molecule has 88 valence electrons. The molecule has 5 heteroatoms. The van der Waals surface area contributed by atoms with E-state index in [1.54, 1.807) is 20.8 Å². The van der Waals surface area contributed by atoms with Crippen LogP contribution in [-0.2, 0) is 4.74 Å². The Morgan fingerprint density at radius 3 is 2.33 bits per heavy atom. The molecule has 1 fully saturated rings. The monoisotopic (exact) mass is 217 g/mol. The minimum absolute atomic E-state index is 0.306. The van der Waals surface area contributed by atoms with Crippen LogP contribution < -0.4 is 5.32 Å². The number of ether oxygens (including phenoxy) is 1. The largest absolute Gasteiger partial charge is 0.444 e. The summed E-state index contributed by atoms with van der Waals surface area (Å²) in [6, 6.07) is -0.408. The SMILES string of the molecule is CC(C)(C)OC(=O)N[C@@H]1C[C@H](O)C[C@H]1O. The summed E-state index contributed by atoms with van der Waals surface area (Å²) in [5, 5.41) is 21.3. The first-order valence-corrected chi connectivity index (χ1v) is 5.13. The second-order valence-corrected chi connectivity index (χ2v) is 4.95. The minimum atomic E-state index is -0.687. The van der Waals surface area contributed by atoms with Crippen LogP contribution in [0.25, 0.3) is 0 Å². The molecule has 0 aromatic heterocycles. The third-order valence-electron chi connectivity index (χ3n) is 2.21. The van der Waals surface area contributed by atoms with E-state index in [1.165, 1.54) is 0 Å². The van der Waals surface area contributed by atoms with Crippen LogP contribution in [-0.4, -0.2) is 40.2 Å². The molecule has 0 saturated heterocycles. The van der Waals surface area contributed by atoms with Crippen LogP contribution in [0, 0.1) is 0 Å². The number of hydrogen-bond acceptors (Lipinski definition) is 4. The van der Waals surface area contributed by atoms with Crippen molar-refractivity contribution < 1.29 is 19.7 Å². The van der Waals surface area contributed by atoms with E-state index in [9.17, 15) is 15.0 Å². The molecule has 5 nitrogen and oxygen atoms in total. The van der Waals surface area contributed by atoms with Crippen LogP contribution in [0.15, 0.2) is 0 Å². The highest BCUT2D eigenvalue weighted by Gasteiger charge is 2.33. The number of nitrogens with one attached hydrogen (secondary N) is 1. The molecule has 0 aliphatic heterocycles. The maximum atomic E-state index is 11.3. The fraction of sp³-hybridized carbons (Fsp3) is 0.900. The number of aliphatic hydroxyl groups excluding tert-OH is 2. The number of carbonyl (C=O) groups excluding carboxylic acids is 1. The highest BCUT2D eigenvalue weighted by Crippen LogP contribution is 2.20. The van der Waals surface area contributed by atoms with Crippen molar-refractivity contribution in [3.8, 4) is 0 Å². The lowest BCUT2D eigenvalue weighted by molar-refractivity contribution is 0.0449. The molecule has 0 unspecified atom stereocenters. The van der Waals surface area contributed by atoms with E-state index < -0.39 is 29.9 Å². The fourth-order valence-corrected chi connectivity index (χ4v) is 1.60. The lowest BCUT2D eigenvalue weighted by Gasteiger charge is -2.22. The molecule has 15 heavy (non-hydrogen) atoms. The Hall–Kier alpha value is -0.810. The summed E-state index contributed by atoms with van der Waals surface area (Å²) in [6.07, 6.45) is -1.10. The normalized spacial score (nSPS) is 31.4. The molecular weight excluding hydrogens is 198 g/mol. The van der Waals surface area contributed by atoms with E-state index in [0.29, 0.717) is 12.8 Å². The molecule has 0 bridgehead atoms. The third kappa shape index (κ3) is 4.05. The second-order valence-electron chi connectivity index (χ2n) is 4.95. The molecule has 1 rings (SSSR count). The van der Waals surface area contributed by atoms with Crippen LogP contribution >= 0.6 is 0 Å². The van der Waals surface area contributed by atoms with Crippen molar-refractivity contribution in [1.29, 1.82) is 0 Å². The van der Waals surface area contributed by atoms with Gasteiger partial charge in [0.15, 0.2) is 0 Å². The number of amides is 1. The van der Waals surface area contributed by atoms with Gasteiger partial charge in [0.05, 0.1) is 18.2 Å². The summed E-state index contributed by atoms with van der Waals surface area (Å²) >= 11 is 0. The molecule has 0 aromatic rings. The van der Waals surface area contributed by atoms with E-state index in [2.05, 4.69) is 5.32 Å². The lowest BCUT2D eigenvalue weighted by Crippen LogP contribution is -2.42. The number of alkyl carbamates (subject to hydrolysis) is 1. The van der Waals surface area contributed by atoms with Crippen molar-refractivity contribution in [1.82, 2.24) is 5.32 Å². The quantitative estimate of drug-likeness (QED) is 0.594. The summed E-state index contributed by atoms with van der Waals surface area (Å²) in [5.41, 5.74) is -0.549. The van der Waals surface area contributed by atoms with E-state index in [0.717, 1.165) is 0 Å². The molecule has 3 N–H and O–H groups in total. The summed E-state index contributed by atoms with van der Waals surface area (Å²) in [6.45, 7) is 5.31. The summed E-state index contributed by atoms with van der Waals surface area (Å²) in [5.74, 6) is 0. The number of rotatable bonds is 1. The molecule has 0 spiro atoms. The van der Waals surface area contributed by atoms with Gasteiger partial charge in [-0.2, -0.15) is 0 Å².